The zero-order valence-electron chi connectivity index (χ0n) is 18.8. The number of aryl methyl sites for hydroxylation is 1. The van der Waals surface area contributed by atoms with Crippen LogP contribution >= 0.6 is 11.6 Å². The molecule has 2 N–H and O–H groups in total. The number of hydrogen-bond acceptors (Lipinski definition) is 4. The number of nitrogens with zero attached hydrogens (tertiary/aromatic N) is 1. The summed E-state index contributed by atoms with van der Waals surface area (Å²) in [6, 6.07) is 23.2. The van der Waals surface area contributed by atoms with Crippen molar-refractivity contribution in [3.8, 4) is 22.7 Å². The first kappa shape index (κ1) is 22.5. The number of methoxy groups -OCH3 is 1. The summed E-state index contributed by atoms with van der Waals surface area (Å²) in [5, 5.41) is 0.598. The highest BCUT2D eigenvalue weighted by atomic mass is 35.5. The van der Waals surface area contributed by atoms with Gasteiger partial charge in [-0.15, -0.1) is 0 Å². The van der Waals surface area contributed by atoms with Crippen LogP contribution in [0.2, 0.25) is 5.02 Å². The normalized spacial score (nSPS) is 10.8. The van der Waals surface area contributed by atoms with E-state index in [4.69, 9.17) is 26.8 Å². The highest BCUT2D eigenvalue weighted by molar-refractivity contribution is 6.31. The lowest BCUT2D eigenvalue weighted by Crippen LogP contribution is -2.09. The van der Waals surface area contributed by atoms with Crippen molar-refractivity contribution in [2.75, 3.05) is 12.8 Å². The fourth-order valence-electron chi connectivity index (χ4n) is 3.83. The third kappa shape index (κ3) is 4.59. The molecule has 0 saturated carbocycles. The summed E-state index contributed by atoms with van der Waals surface area (Å²) in [7, 11) is 1.36. The molecular weight excluding hydrogens is 436 g/mol. The second kappa shape index (κ2) is 9.43. The standard InChI is InChI=1S/C27H25ClN2O3/c1-17-9-11-25(30(17)21-14-22(27(31)32-3)18(2)24(29)15-21)23-13-20(28)10-12-26(23)33-16-19-7-5-4-6-8-19/h4-15H,16,29H2,1-3H3. The lowest BCUT2D eigenvalue weighted by Gasteiger charge is -2.18. The molecule has 0 spiro atoms. The minimum Gasteiger partial charge on any atom is -0.488 e. The molecule has 0 saturated heterocycles. The number of carbonyl (C=O) groups is 1. The number of halogens is 1. The fraction of sp³-hybridized carbons (Fsp3) is 0.148. The smallest absolute Gasteiger partial charge is 0.338 e. The molecule has 168 valence electrons. The molecule has 0 fully saturated rings. The van der Waals surface area contributed by atoms with Crippen LogP contribution in [0, 0.1) is 13.8 Å². The molecule has 0 aliphatic heterocycles. The maximum atomic E-state index is 12.3. The topological polar surface area (TPSA) is 66.5 Å². The summed E-state index contributed by atoms with van der Waals surface area (Å²) >= 11 is 6.37. The molecular formula is C27H25ClN2O3. The number of esters is 1. The summed E-state index contributed by atoms with van der Waals surface area (Å²) < 4.78 is 13.2. The SMILES string of the molecule is COC(=O)c1cc(-n2c(C)ccc2-c2cc(Cl)ccc2OCc2ccccc2)cc(N)c1C. The Morgan fingerprint density at radius 3 is 2.48 bits per heavy atom. The quantitative estimate of drug-likeness (QED) is 0.268. The molecule has 33 heavy (non-hydrogen) atoms. The van der Waals surface area contributed by atoms with Crippen LogP contribution in [0.1, 0.15) is 27.2 Å². The summed E-state index contributed by atoms with van der Waals surface area (Å²) in [5.74, 6) is 0.276. The Labute approximate surface area is 198 Å². The minimum absolute atomic E-state index is 0.429. The van der Waals surface area contributed by atoms with Crippen molar-refractivity contribution in [3.05, 3.63) is 100 Å². The minimum atomic E-state index is -0.429. The van der Waals surface area contributed by atoms with Crippen LogP contribution in [0.4, 0.5) is 5.69 Å². The van der Waals surface area contributed by atoms with E-state index < -0.39 is 5.97 Å². The lowest BCUT2D eigenvalue weighted by atomic mass is 10.0. The van der Waals surface area contributed by atoms with Gasteiger partial charge in [0.1, 0.15) is 12.4 Å². The van der Waals surface area contributed by atoms with Crippen molar-refractivity contribution in [2.45, 2.75) is 20.5 Å². The summed E-state index contributed by atoms with van der Waals surface area (Å²) in [5.41, 5.74) is 12.4. The number of nitrogen functional groups attached to an aromatic ring is 1. The molecule has 0 aliphatic carbocycles. The van der Waals surface area contributed by atoms with E-state index in [9.17, 15) is 4.79 Å². The third-order valence-corrected chi connectivity index (χ3v) is 5.86. The van der Waals surface area contributed by atoms with Crippen LogP contribution in [0.3, 0.4) is 0 Å². The number of nitrogens with two attached hydrogens (primary N) is 1. The van der Waals surface area contributed by atoms with Gasteiger partial charge in [-0.25, -0.2) is 4.79 Å². The van der Waals surface area contributed by atoms with Crippen LogP contribution in [-0.4, -0.2) is 17.6 Å². The number of ether oxygens (including phenoxy) is 2. The predicted molar refractivity (Wildman–Crippen MR) is 132 cm³/mol. The molecule has 1 aromatic heterocycles. The van der Waals surface area contributed by atoms with E-state index >= 15 is 0 Å². The molecule has 6 heteroatoms. The Bertz CT molecular complexity index is 1310. The van der Waals surface area contributed by atoms with Crippen molar-refractivity contribution in [2.24, 2.45) is 0 Å². The van der Waals surface area contributed by atoms with E-state index in [1.165, 1.54) is 7.11 Å². The molecule has 0 aliphatic rings. The average Bonchev–Trinajstić information content (AvgIpc) is 3.21. The zero-order chi connectivity index (χ0) is 23.5. The van der Waals surface area contributed by atoms with Crippen LogP contribution in [0.25, 0.3) is 16.9 Å². The first-order valence-corrected chi connectivity index (χ1v) is 10.9. The Hall–Kier alpha value is -3.70. The summed E-state index contributed by atoms with van der Waals surface area (Å²) in [6.07, 6.45) is 0. The number of hydrogen-bond donors (Lipinski definition) is 1. The lowest BCUT2D eigenvalue weighted by molar-refractivity contribution is 0.0600. The van der Waals surface area contributed by atoms with Crippen LogP contribution in [-0.2, 0) is 11.3 Å². The highest BCUT2D eigenvalue weighted by Gasteiger charge is 2.19. The molecule has 3 aromatic carbocycles. The van der Waals surface area contributed by atoms with Gasteiger partial charge in [0, 0.05) is 27.7 Å². The number of rotatable bonds is 6. The predicted octanol–water partition coefficient (Wildman–Crippen LogP) is 6.36. The van der Waals surface area contributed by atoms with Crippen molar-refractivity contribution in [3.63, 3.8) is 0 Å². The molecule has 4 aromatic rings. The van der Waals surface area contributed by atoms with E-state index in [0.29, 0.717) is 34.2 Å². The van der Waals surface area contributed by atoms with E-state index in [1.54, 1.807) is 13.0 Å². The largest absolute Gasteiger partial charge is 0.488 e. The third-order valence-electron chi connectivity index (χ3n) is 5.63. The molecule has 5 nitrogen and oxygen atoms in total. The first-order chi connectivity index (χ1) is 15.9. The molecule has 0 bridgehead atoms. The maximum absolute atomic E-state index is 12.3. The van der Waals surface area contributed by atoms with Crippen molar-refractivity contribution >= 4 is 23.3 Å². The zero-order valence-corrected chi connectivity index (χ0v) is 19.5. The fourth-order valence-corrected chi connectivity index (χ4v) is 4.00. The van der Waals surface area contributed by atoms with Crippen LogP contribution < -0.4 is 10.5 Å². The second-order valence-electron chi connectivity index (χ2n) is 7.81. The van der Waals surface area contributed by atoms with Crippen molar-refractivity contribution in [1.82, 2.24) is 4.57 Å². The average molecular weight is 461 g/mol. The second-order valence-corrected chi connectivity index (χ2v) is 8.25. The van der Waals surface area contributed by atoms with E-state index in [0.717, 1.165) is 28.2 Å². The van der Waals surface area contributed by atoms with Gasteiger partial charge in [0.25, 0.3) is 0 Å². The number of carbonyl (C=O) groups excluding carboxylic acids is 1. The van der Waals surface area contributed by atoms with Gasteiger partial charge in [0.05, 0.1) is 18.4 Å². The van der Waals surface area contributed by atoms with Crippen molar-refractivity contribution < 1.29 is 14.3 Å². The molecule has 0 amide bonds. The summed E-state index contributed by atoms with van der Waals surface area (Å²) in [4.78, 5) is 12.3. The Kier molecular flexibility index (Phi) is 6.43. The Balaban J connectivity index is 1.82. The highest BCUT2D eigenvalue weighted by Crippen LogP contribution is 2.37. The van der Waals surface area contributed by atoms with E-state index in [1.807, 2.05) is 78.2 Å². The Morgan fingerprint density at radius 1 is 1.00 bits per heavy atom. The van der Waals surface area contributed by atoms with Gasteiger partial charge in [-0.05, 0) is 67.4 Å². The van der Waals surface area contributed by atoms with E-state index in [2.05, 4.69) is 0 Å². The number of anilines is 1. The van der Waals surface area contributed by atoms with Gasteiger partial charge in [0.15, 0.2) is 0 Å². The maximum Gasteiger partial charge on any atom is 0.338 e. The van der Waals surface area contributed by atoms with Crippen molar-refractivity contribution in [1.29, 1.82) is 0 Å². The Morgan fingerprint density at radius 2 is 1.76 bits per heavy atom. The van der Waals surface area contributed by atoms with Gasteiger partial charge in [-0.1, -0.05) is 41.9 Å². The molecule has 0 radical (unpaired) electrons. The summed E-state index contributed by atoms with van der Waals surface area (Å²) in [6.45, 7) is 4.23. The van der Waals surface area contributed by atoms with Gasteiger partial charge in [-0.2, -0.15) is 0 Å². The van der Waals surface area contributed by atoms with Gasteiger partial charge >= 0.3 is 5.97 Å². The molecule has 0 unspecified atom stereocenters. The molecule has 0 atom stereocenters. The van der Waals surface area contributed by atoms with Gasteiger partial charge in [-0.3, -0.25) is 0 Å². The number of aromatic nitrogens is 1. The molecule has 4 rings (SSSR count). The van der Waals surface area contributed by atoms with Crippen LogP contribution in [0.5, 0.6) is 5.75 Å². The molecule has 1 heterocycles. The monoisotopic (exact) mass is 460 g/mol. The van der Waals surface area contributed by atoms with E-state index in [-0.39, 0.29) is 0 Å². The van der Waals surface area contributed by atoms with Crippen LogP contribution in [0.15, 0.2) is 72.8 Å². The van der Waals surface area contributed by atoms with Gasteiger partial charge in [0.2, 0.25) is 0 Å². The number of benzene rings is 3. The van der Waals surface area contributed by atoms with Gasteiger partial charge < -0.3 is 19.8 Å². The first-order valence-electron chi connectivity index (χ1n) is 10.5.